The monoisotopic (exact) mass is 684 g/mol. The average Bonchev–Trinajstić information content (AvgIpc) is 2.94. The van der Waals surface area contributed by atoms with Crippen LogP contribution in [0.4, 0.5) is 48.2 Å². The second-order valence-electron chi connectivity index (χ2n) is 11.8. The predicted molar refractivity (Wildman–Crippen MR) is 154 cm³/mol. The van der Waals surface area contributed by atoms with Crippen LogP contribution in [0.15, 0.2) is 46.9 Å². The Bertz CT molecular complexity index is 1830. The Morgan fingerprint density at radius 2 is 1.52 bits per heavy atom. The summed E-state index contributed by atoms with van der Waals surface area (Å²) in [6, 6.07) is 0.178. The van der Waals surface area contributed by atoms with Crippen LogP contribution in [0.3, 0.4) is 0 Å². The van der Waals surface area contributed by atoms with Crippen LogP contribution in [-0.2, 0) is 28.4 Å². The number of urea groups is 1. The van der Waals surface area contributed by atoms with Gasteiger partial charge in [-0.05, 0) is 48.6 Å². The van der Waals surface area contributed by atoms with E-state index in [-0.39, 0.29) is 42.3 Å². The highest BCUT2D eigenvalue weighted by molar-refractivity contribution is 6.24. The minimum atomic E-state index is -5.20. The first-order chi connectivity index (χ1) is 22.1. The molecule has 3 atom stereocenters. The molecule has 0 aliphatic heterocycles. The van der Waals surface area contributed by atoms with Gasteiger partial charge in [0.15, 0.2) is 17.1 Å². The number of nitrogens with two attached hydrogens (primary N) is 1. The molecule has 48 heavy (non-hydrogen) atoms. The van der Waals surface area contributed by atoms with Gasteiger partial charge in [0.2, 0.25) is 5.78 Å². The largest absolute Gasteiger partial charge is 0.511 e. The quantitative estimate of drug-likeness (QED) is 0.139. The van der Waals surface area contributed by atoms with Crippen molar-refractivity contribution in [3.8, 4) is 5.75 Å². The first kappa shape index (κ1) is 34.1. The maximum atomic E-state index is 13.9. The minimum Gasteiger partial charge on any atom is -0.511 e. The average molecular weight is 685 g/mol. The van der Waals surface area contributed by atoms with E-state index < -0.39 is 116 Å². The lowest BCUT2D eigenvalue weighted by Gasteiger charge is -2.45. The standard InChI is InChI=1S/C30H26F6N4O8/c1-40(2)17-9-16(39-27(47)38-14-6-12(29(31,32)33)5-13(7-14)30(34,35)36)22(42)20-15(17)4-10-3-11-8-18(41)21(26(37)46)25(45)28(11,48)24(44)19(10)23(20)43/h5-7,9-11,41-42,44,48H,3-4,8H2,1-2H3,(H2,37,46)(H2,38,39,47)/t10-,11+,28+/m1/s1. The number of anilines is 3. The lowest BCUT2D eigenvalue weighted by molar-refractivity contribution is -0.145. The van der Waals surface area contributed by atoms with Gasteiger partial charge >= 0.3 is 18.4 Å². The molecule has 18 heteroatoms. The molecule has 0 radical (unpaired) electrons. The second kappa shape index (κ2) is 11.2. The molecule has 0 aromatic heterocycles. The number of primary amides is 1. The summed E-state index contributed by atoms with van der Waals surface area (Å²) in [6.45, 7) is 0. The van der Waals surface area contributed by atoms with Crippen LogP contribution in [-0.4, -0.2) is 63.6 Å². The zero-order chi connectivity index (χ0) is 35.8. The number of carbonyl (C=O) groups is 4. The van der Waals surface area contributed by atoms with Crippen molar-refractivity contribution in [1.29, 1.82) is 0 Å². The highest BCUT2D eigenvalue weighted by Gasteiger charge is 2.59. The van der Waals surface area contributed by atoms with Gasteiger partial charge in [0.1, 0.15) is 17.1 Å². The summed E-state index contributed by atoms with van der Waals surface area (Å²) < 4.78 is 79.7. The summed E-state index contributed by atoms with van der Waals surface area (Å²) in [5, 5.41) is 48.1. The Morgan fingerprint density at radius 1 is 0.938 bits per heavy atom. The van der Waals surface area contributed by atoms with Crippen molar-refractivity contribution in [2.75, 3.05) is 29.6 Å². The van der Waals surface area contributed by atoms with Gasteiger partial charge in [0, 0.05) is 43.4 Å². The Labute approximate surface area is 266 Å². The molecule has 0 saturated heterocycles. The van der Waals surface area contributed by atoms with Gasteiger partial charge in [-0.1, -0.05) is 0 Å². The summed E-state index contributed by atoms with van der Waals surface area (Å²) in [4.78, 5) is 53.2. The zero-order valence-corrected chi connectivity index (χ0v) is 24.8. The maximum Gasteiger partial charge on any atom is 0.416 e. The van der Waals surface area contributed by atoms with Crippen molar-refractivity contribution < 1.29 is 65.9 Å². The van der Waals surface area contributed by atoms with E-state index in [9.17, 15) is 65.9 Å². The summed E-state index contributed by atoms with van der Waals surface area (Å²) in [5.41, 5.74) is -3.97. The molecule has 3 aliphatic carbocycles. The maximum absolute atomic E-state index is 13.9. The number of Topliss-reactive ketones (excluding diaryl/α,β-unsaturated/α-hetero) is 2. The number of allylic oxidation sites excluding steroid dienone is 2. The van der Waals surface area contributed by atoms with Gasteiger partial charge < -0.3 is 41.7 Å². The zero-order valence-electron chi connectivity index (χ0n) is 24.8. The van der Waals surface area contributed by atoms with Crippen LogP contribution in [0.5, 0.6) is 5.75 Å². The number of benzene rings is 2. The number of alkyl halides is 6. The number of phenols is 1. The number of aromatic hydroxyl groups is 1. The fourth-order valence-corrected chi connectivity index (χ4v) is 6.47. The molecule has 0 heterocycles. The molecular weight excluding hydrogens is 658 g/mol. The van der Waals surface area contributed by atoms with Crippen molar-refractivity contribution in [1.82, 2.24) is 0 Å². The van der Waals surface area contributed by atoms with Gasteiger partial charge in [-0.25, -0.2) is 4.79 Å². The van der Waals surface area contributed by atoms with Crippen molar-refractivity contribution in [2.24, 2.45) is 17.6 Å². The number of fused-ring (bicyclic) bond motifs is 3. The number of aliphatic hydroxyl groups excluding tert-OH is 2. The van der Waals surface area contributed by atoms with E-state index in [1.54, 1.807) is 0 Å². The van der Waals surface area contributed by atoms with Crippen LogP contribution in [0.1, 0.15) is 39.9 Å². The molecule has 0 saturated carbocycles. The lowest BCUT2D eigenvalue weighted by Crippen LogP contribution is -2.57. The normalized spacial score (nSPS) is 22.5. The molecule has 0 unspecified atom stereocenters. The van der Waals surface area contributed by atoms with E-state index >= 15 is 0 Å². The summed E-state index contributed by atoms with van der Waals surface area (Å²) in [5.74, 6) is -8.67. The number of hydrogen-bond acceptors (Lipinski definition) is 9. The molecule has 0 fully saturated rings. The van der Waals surface area contributed by atoms with Crippen LogP contribution in [0.2, 0.25) is 0 Å². The Morgan fingerprint density at radius 3 is 2.04 bits per heavy atom. The molecule has 8 N–H and O–H groups in total. The first-order valence-corrected chi connectivity index (χ1v) is 14.0. The van der Waals surface area contributed by atoms with E-state index in [0.29, 0.717) is 0 Å². The van der Waals surface area contributed by atoms with Crippen LogP contribution < -0.4 is 21.3 Å². The second-order valence-corrected chi connectivity index (χ2v) is 11.8. The SMILES string of the molecule is CN(C)c1cc(NC(=O)Nc2cc(C(F)(F)F)cc(C(F)(F)F)c2)c(O)c2c1C[C@H]1C[C@H]3CC(O)=C(C(N)=O)C(=O)[C@@]3(O)C(O)=C1C2=O. The number of carbonyl (C=O) groups excluding carboxylic acids is 4. The molecule has 0 spiro atoms. The fraction of sp³-hybridized carbons (Fsp3) is 0.333. The van der Waals surface area contributed by atoms with Gasteiger partial charge in [0.25, 0.3) is 5.91 Å². The molecule has 0 bridgehead atoms. The van der Waals surface area contributed by atoms with Gasteiger partial charge in [-0.2, -0.15) is 26.3 Å². The summed E-state index contributed by atoms with van der Waals surface area (Å²) in [6.07, 6.45) is -11.1. The number of ketones is 2. The molecule has 3 aliphatic rings. The van der Waals surface area contributed by atoms with Crippen molar-refractivity contribution in [3.05, 3.63) is 69.2 Å². The smallest absolute Gasteiger partial charge is 0.416 e. The highest BCUT2D eigenvalue weighted by atomic mass is 19.4. The van der Waals surface area contributed by atoms with E-state index in [0.717, 1.165) is 0 Å². The fourth-order valence-electron chi connectivity index (χ4n) is 6.47. The number of nitrogens with zero attached hydrogens (tertiary/aromatic N) is 1. The van der Waals surface area contributed by atoms with E-state index in [1.165, 1.54) is 25.1 Å². The van der Waals surface area contributed by atoms with Gasteiger partial charge in [-0.3, -0.25) is 14.4 Å². The van der Waals surface area contributed by atoms with E-state index in [1.807, 2.05) is 5.32 Å². The first-order valence-electron chi connectivity index (χ1n) is 14.0. The number of hydrogen-bond donors (Lipinski definition) is 7. The Balaban J connectivity index is 1.55. The van der Waals surface area contributed by atoms with Crippen molar-refractivity contribution in [3.63, 3.8) is 0 Å². The number of halogens is 6. The number of amides is 3. The number of phenolic OH excluding ortho intramolecular Hbond substituents is 1. The predicted octanol–water partition coefficient (Wildman–Crippen LogP) is 4.33. The third-order valence-corrected chi connectivity index (χ3v) is 8.61. The van der Waals surface area contributed by atoms with E-state index in [4.69, 9.17) is 5.73 Å². The number of rotatable bonds is 4. The van der Waals surface area contributed by atoms with Gasteiger partial charge in [-0.15, -0.1) is 0 Å². The van der Waals surface area contributed by atoms with Crippen LogP contribution in [0.25, 0.3) is 0 Å². The molecule has 12 nitrogen and oxygen atoms in total. The van der Waals surface area contributed by atoms with E-state index in [2.05, 4.69) is 5.32 Å². The summed E-state index contributed by atoms with van der Waals surface area (Å²) in [7, 11) is 3.05. The highest BCUT2D eigenvalue weighted by Crippen LogP contribution is 2.53. The number of aliphatic hydroxyl groups is 3. The molecule has 2 aromatic rings. The molecule has 5 rings (SSSR count). The van der Waals surface area contributed by atoms with Crippen LogP contribution in [0, 0.1) is 11.8 Å². The minimum absolute atomic E-state index is 0.0770. The third-order valence-electron chi connectivity index (χ3n) is 8.61. The molecular formula is C30H26F6N4O8. The molecule has 3 amide bonds. The number of nitrogens with one attached hydrogen (secondary N) is 2. The van der Waals surface area contributed by atoms with Crippen molar-refractivity contribution >= 4 is 40.6 Å². The van der Waals surface area contributed by atoms with Gasteiger partial charge in [0.05, 0.1) is 22.4 Å². The van der Waals surface area contributed by atoms with Crippen molar-refractivity contribution in [2.45, 2.75) is 37.2 Å². The lowest BCUT2D eigenvalue weighted by atomic mass is 9.60. The summed E-state index contributed by atoms with van der Waals surface area (Å²) >= 11 is 0. The van der Waals surface area contributed by atoms with Crippen LogP contribution >= 0.6 is 0 Å². The molecule has 2 aromatic carbocycles. The third kappa shape index (κ3) is 5.44. The Hall–Kier alpha value is -5.26. The molecule has 256 valence electrons. The Kier molecular flexibility index (Phi) is 7.93. The topological polar surface area (TPSA) is 203 Å².